The van der Waals surface area contributed by atoms with Crippen LogP contribution in [0.3, 0.4) is 0 Å². The Kier molecular flexibility index (Phi) is 15.9. The van der Waals surface area contributed by atoms with Gasteiger partial charge < -0.3 is 24.8 Å². The van der Waals surface area contributed by atoms with Gasteiger partial charge in [0.25, 0.3) is 0 Å². The van der Waals surface area contributed by atoms with Gasteiger partial charge in [-0.2, -0.15) is 5.10 Å². The number of esters is 1. The number of hydrogen-bond donors (Lipinski definition) is 3. The quantitative estimate of drug-likeness (QED) is 0.0406. The number of ether oxygens (including phenoxy) is 2. The van der Waals surface area contributed by atoms with Crippen LogP contribution in [0, 0.1) is 0 Å². The van der Waals surface area contributed by atoms with Crippen molar-refractivity contribution in [3.63, 3.8) is 0 Å². The molecular formula is C40H48N4O7. The summed E-state index contributed by atoms with van der Waals surface area (Å²) in [4.78, 5) is 52.7. The molecule has 270 valence electrons. The average molecular weight is 697 g/mol. The van der Waals surface area contributed by atoms with Crippen LogP contribution in [-0.2, 0) is 35.2 Å². The average Bonchev–Trinajstić information content (AvgIpc) is 3.13. The van der Waals surface area contributed by atoms with Gasteiger partial charge in [-0.1, -0.05) is 91.7 Å². The van der Waals surface area contributed by atoms with E-state index in [-0.39, 0.29) is 49.0 Å². The maximum absolute atomic E-state index is 13.7. The van der Waals surface area contributed by atoms with Crippen molar-refractivity contribution in [1.82, 2.24) is 10.3 Å². The van der Waals surface area contributed by atoms with Crippen LogP contribution in [0.1, 0.15) is 87.0 Å². The van der Waals surface area contributed by atoms with Gasteiger partial charge in [-0.05, 0) is 54.5 Å². The van der Waals surface area contributed by atoms with Crippen LogP contribution >= 0.6 is 0 Å². The van der Waals surface area contributed by atoms with Crippen LogP contribution in [0.15, 0.2) is 96.1 Å². The number of cyclic esters (lactones) is 1. The summed E-state index contributed by atoms with van der Waals surface area (Å²) in [6, 6.07) is 23.0. The Morgan fingerprint density at radius 3 is 2.25 bits per heavy atom. The fourth-order valence-electron chi connectivity index (χ4n) is 5.76. The number of benzene rings is 3. The zero-order valence-electron chi connectivity index (χ0n) is 29.2. The number of aromatic hydroxyl groups is 1. The Balaban J connectivity index is 1.28. The SMILES string of the molecule is COC[C@H]1[C@H](c2ccccc2)OC(=O)CC/C=C/CCC(=O)N1Cc1ccc(/C=N/NC(=O)CCCCCCC(=O)Nc2ccccc2O)cc1. The molecule has 4 rings (SSSR count). The lowest BCUT2D eigenvalue weighted by atomic mass is 9.99. The molecule has 0 spiro atoms. The Morgan fingerprint density at radius 2 is 1.55 bits per heavy atom. The number of hydrogen-bond acceptors (Lipinski definition) is 8. The van der Waals surface area contributed by atoms with Gasteiger partial charge in [0.1, 0.15) is 11.9 Å². The third kappa shape index (κ3) is 13.2. The van der Waals surface area contributed by atoms with Crippen molar-refractivity contribution in [3.05, 3.63) is 108 Å². The zero-order valence-corrected chi connectivity index (χ0v) is 29.2. The first-order chi connectivity index (χ1) is 24.8. The normalized spacial score (nSPS) is 17.6. The molecule has 11 heteroatoms. The molecule has 0 fully saturated rings. The molecule has 2 atom stereocenters. The number of rotatable bonds is 15. The molecule has 3 aromatic rings. The zero-order chi connectivity index (χ0) is 36.3. The van der Waals surface area contributed by atoms with Crippen LogP contribution < -0.4 is 10.7 Å². The first-order valence-corrected chi connectivity index (χ1v) is 17.5. The molecule has 0 unspecified atom stereocenters. The smallest absolute Gasteiger partial charge is 0.306 e. The topological polar surface area (TPSA) is 147 Å². The monoisotopic (exact) mass is 696 g/mol. The van der Waals surface area contributed by atoms with Crippen molar-refractivity contribution in [2.75, 3.05) is 19.0 Å². The Bertz CT molecular complexity index is 1630. The van der Waals surface area contributed by atoms with Gasteiger partial charge in [-0.25, -0.2) is 5.43 Å². The number of hydrazone groups is 1. The second kappa shape index (κ2) is 21.0. The second-order valence-corrected chi connectivity index (χ2v) is 12.4. The minimum Gasteiger partial charge on any atom is -0.506 e. The highest BCUT2D eigenvalue weighted by Crippen LogP contribution is 2.29. The standard InChI is InChI=1S/C40H48N4O7/c1-50-29-34-40(32-15-7-6-8-16-32)51-39(49)22-12-5-4-11-21-38(48)44(34)28-31-25-23-30(24-26-31)27-41-43-37(47)20-10-3-2-9-19-36(46)42-33-17-13-14-18-35(33)45/h4-8,13-18,23-27,34,40,45H,2-3,9-12,19-22,28-29H2,1H3,(H,42,46)(H,43,47)/b5-4+,41-27+/t34-,40-/m0/s1. The van der Waals surface area contributed by atoms with Crippen LogP contribution in [0.5, 0.6) is 5.75 Å². The van der Waals surface area contributed by atoms with Crippen molar-refractivity contribution in [3.8, 4) is 5.75 Å². The predicted molar refractivity (Wildman–Crippen MR) is 196 cm³/mol. The first kappa shape index (κ1) is 38.5. The second-order valence-electron chi connectivity index (χ2n) is 12.4. The molecule has 1 aliphatic heterocycles. The van der Waals surface area contributed by atoms with Gasteiger partial charge in [-0.15, -0.1) is 0 Å². The molecule has 11 nitrogen and oxygen atoms in total. The maximum Gasteiger partial charge on any atom is 0.306 e. The number of nitrogens with zero attached hydrogens (tertiary/aromatic N) is 2. The van der Waals surface area contributed by atoms with E-state index in [2.05, 4.69) is 15.8 Å². The van der Waals surface area contributed by atoms with Crippen LogP contribution in [0.2, 0.25) is 0 Å². The highest BCUT2D eigenvalue weighted by atomic mass is 16.5. The van der Waals surface area contributed by atoms with Gasteiger partial charge in [0.2, 0.25) is 17.7 Å². The van der Waals surface area contributed by atoms with Gasteiger partial charge in [0.15, 0.2) is 0 Å². The molecule has 1 aliphatic rings. The van der Waals surface area contributed by atoms with Gasteiger partial charge in [0, 0.05) is 39.3 Å². The number of phenolic OH excluding ortho intramolecular Hbond substituents is 1. The maximum atomic E-state index is 13.7. The van der Waals surface area contributed by atoms with Gasteiger partial charge in [-0.3, -0.25) is 19.2 Å². The number of nitrogens with one attached hydrogen (secondary N) is 2. The number of anilines is 1. The number of methoxy groups -OCH3 is 1. The lowest BCUT2D eigenvalue weighted by Crippen LogP contribution is -2.47. The summed E-state index contributed by atoms with van der Waals surface area (Å²) >= 11 is 0. The van der Waals surface area contributed by atoms with Crippen LogP contribution in [-0.4, -0.2) is 59.7 Å². The third-order valence-corrected chi connectivity index (χ3v) is 8.47. The molecule has 0 saturated carbocycles. The highest BCUT2D eigenvalue weighted by Gasteiger charge is 2.34. The summed E-state index contributed by atoms with van der Waals surface area (Å²) in [7, 11) is 1.57. The summed E-state index contributed by atoms with van der Waals surface area (Å²) < 4.78 is 11.6. The molecule has 0 aliphatic carbocycles. The summed E-state index contributed by atoms with van der Waals surface area (Å²) in [5.74, 6) is -0.714. The highest BCUT2D eigenvalue weighted by molar-refractivity contribution is 5.92. The van der Waals surface area contributed by atoms with E-state index in [9.17, 15) is 24.3 Å². The molecular weight excluding hydrogens is 648 g/mol. The van der Waals surface area contributed by atoms with E-state index in [1.807, 2.05) is 66.7 Å². The van der Waals surface area contributed by atoms with Crippen molar-refractivity contribution < 1.29 is 33.8 Å². The fraction of sp³-hybridized carbons (Fsp3) is 0.375. The Morgan fingerprint density at radius 1 is 0.882 bits per heavy atom. The van der Waals surface area contributed by atoms with E-state index in [1.54, 1.807) is 36.4 Å². The third-order valence-electron chi connectivity index (χ3n) is 8.47. The number of carbonyl (C=O) groups is 4. The van der Waals surface area contributed by atoms with Crippen LogP contribution in [0.25, 0.3) is 0 Å². The van der Waals surface area contributed by atoms with E-state index in [4.69, 9.17) is 9.47 Å². The summed E-state index contributed by atoms with van der Waals surface area (Å²) in [6.45, 7) is 0.462. The van der Waals surface area contributed by atoms with Crippen molar-refractivity contribution >= 4 is 35.6 Å². The van der Waals surface area contributed by atoms with Crippen molar-refractivity contribution in [1.29, 1.82) is 0 Å². The van der Waals surface area contributed by atoms with E-state index in [0.29, 0.717) is 50.6 Å². The molecule has 0 bridgehead atoms. The molecule has 3 N–H and O–H groups in total. The fourth-order valence-corrected chi connectivity index (χ4v) is 5.76. The molecule has 0 radical (unpaired) electrons. The minimum absolute atomic E-state index is 0.0346. The minimum atomic E-state index is -0.705. The number of allylic oxidation sites excluding steroid dienone is 2. The Hall–Kier alpha value is -5.29. The summed E-state index contributed by atoms with van der Waals surface area (Å²) in [5, 5.41) is 16.6. The lowest BCUT2D eigenvalue weighted by Gasteiger charge is -2.37. The van der Waals surface area contributed by atoms with E-state index >= 15 is 0 Å². The lowest BCUT2D eigenvalue weighted by molar-refractivity contribution is -0.159. The summed E-state index contributed by atoms with van der Waals surface area (Å²) in [5.41, 5.74) is 5.40. The van der Waals surface area contributed by atoms with E-state index in [0.717, 1.165) is 29.5 Å². The number of phenols is 1. The number of unbranched alkanes of at least 4 members (excludes halogenated alkanes) is 3. The van der Waals surface area contributed by atoms with Crippen LogP contribution in [0.4, 0.5) is 5.69 Å². The first-order valence-electron chi connectivity index (χ1n) is 17.5. The van der Waals surface area contributed by atoms with E-state index < -0.39 is 12.1 Å². The predicted octanol–water partition coefficient (Wildman–Crippen LogP) is 6.58. The van der Waals surface area contributed by atoms with Crippen molar-refractivity contribution in [2.45, 2.75) is 82.9 Å². The molecule has 3 amide bonds. The van der Waals surface area contributed by atoms with Gasteiger partial charge in [0.05, 0.1) is 24.6 Å². The molecule has 0 aromatic heterocycles. The number of carbonyl (C=O) groups excluding carboxylic acids is 4. The molecule has 51 heavy (non-hydrogen) atoms. The summed E-state index contributed by atoms with van der Waals surface area (Å²) in [6.07, 6.45) is 10.0. The molecule has 1 heterocycles. The van der Waals surface area contributed by atoms with Gasteiger partial charge >= 0.3 is 5.97 Å². The number of para-hydroxylation sites is 2. The Labute approximate surface area is 299 Å². The largest absolute Gasteiger partial charge is 0.506 e. The molecule has 3 aromatic carbocycles. The number of amides is 3. The van der Waals surface area contributed by atoms with E-state index in [1.165, 1.54) is 6.07 Å². The van der Waals surface area contributed by atoms with Crippen molar-refractivity contribution in [2.24, 2.45) is 5.10 Å². The molecule has 0 saturated heterocycles.